The summed E-state index contributed by atoms with van der Waals surface area (Å²) < 4.78 is 1.12. The molecule has 112 valence electrons. The van der Waals surface area contributed by atoms with Crippen molar-refractivity contribution in [3.63, 3.8) is 0 Å². The van der Waals surface area contributed by atoms with Gasteiger partial charge in [-0.05, 0) is 72.9 Å². The lowest BCUT2D eigenvalue weighted by Gasteiger charge is -2.34. The van der Waals surface area contributed by atoms with Gasteiger partial charge in [-0.15, -0.1) is 0 Å². The molecule has 1 aliphatic heterocycles. The molecule has 20 heavy (non-hydrogen) atoms. The molecule has 0 aliphatic carbocycles. The van der Waals surface area contributed by atoms with Gasteiger partial charge < -0.3 is 16.0 Å². The van der Waals surface area contributed by atoms with Crippen LogP contribution in [0, 0.1) is 6.92 Å². The Hall–Kier alpha value is -0.580. The van der Waals surface area contributed by atoms with Crippen molar-refractivity contribution in [2.75, 3.05) is 31.5 Å². The number of halogens is 1. The largest absolute Gasteiger partial charge is 0.377 e. The molecule has 0 spiro atoms. The summed E-state index contributed by atoms with van der Waals surface area (Å²) in [5.74, 6) is 0. The van der Waals surface area contributed by atoms with Crippen LogP contribution in [0.15, 0.2) is 22.7 Å². The summed E-state index contributed by atoms with van der Waals surface area (Å²) in [5, 5.41) is 3.74. The smallest absolute Gasteiger partial charge is 0.0508 e. The highest BCUT2D eigenvalue weighted by atomic mass is 79.9. The van der Waals surface area contributed by atoms with E-state index in [2.05, 4.69) is 58.2 Å². The van der Waals surface area contributed by atoms with Crippen LogP contribution in [-0.4, -0.2) is 36.6 Å². The van der Waals surface area contributed by atoms with E-state index in [1.54, 1.807) is 0 Å². The van der Waals surface area contributed by atoms with Gasteiger partial charge in [0.2, 0.25) is 0 Å². The third kappa shape index (κ3) is 3.74. The fourth-order valence-electron chi connectivity index (χ4n) is 2.97. The molecule has 2 rings (SSSR count). The molecule has 0 amide bonds. The third-order valence-electron chi connectivity index (χ3n) is 4.40. The Morgan fingerprint density at radius 3 is 2.85 bits per heavy atom. The number of nitrogens with one attached hydrogen (secondary N) is 1. The molecule has 1 aromatic carbocycles. The number of hydrogen-bond acceptors (Lipinski definition) is 3. The lowest BCUT2D eigenvalue weighted by molar-refractivity contribution is 0.293. The highest BCUT2D eigenvalue weighted by molar-refractivity contribution is 9.10. The van der Waals surface area contributed by atoms with E-state index < -0.39 is 0 Å². The number of nitrogens with two attached hydrogens (primary N) is 1. The number of hydrogen-bond donors (Lipinski definition) is 2. The molecule has 4 heteroatoms. The number of aryl methyl sites for hydroxylation is 1. The van der Waals surface area contributed by atoms with Crippen molar-refractivity contribution in [1.29, 1.82) is 0 Å². The Morgan fingerprint density at radius 1 is 1.35 bits per heavy atom. The molecule has 1 atom stereocenters. The maximum absolute atomic E-state index is 6.13. The van der Waals surface area contributed by atoms with Gasteiger partial charge in [0.15, 0.2) is 0 Å². The molecule has 0 radical (unpaired) electrons. The Bertz CT molecular complexity index is 449. The molecule has 1 saturated heterocycles. The van der Waals surface area contributed by atoms with E-state index in [1.807, 2.05) is 0 Å². The molecular weight excluding hydrogens is 314 g/mol. The van der Waals surface area contributed by atoms with Gasteiger partial charge in [-0.1, -0.05) is 13.0 Å². The first-order valence-electron chi connectivity index (χ1n) is 7.55. The second-order valence-electron chi connectivity index (χ2n) is 5.88. The second-order valence-corrected chi connectivity index (χ2v) is 6.73. The molecular formula is C16H26BrN3. The van der Waals surface area contributed by atoms with E-state index in [-0.39, 0.29) is 5.54 Å². The van der Waals surface area contributed by atoms with E-state index in [0.717, 1.165) is 30.4 Å². The van der Waals surface area contributed by atoms with Gasteiger partial charge in [-0.25, -0.2) is 0 Å². The lowest BCUT2D eigenvalue weighted by atomic mass is 9.90. The van der Waals surface area contributed by atoms with Crippen LogP contribution < -0.4 is 11.1 Å². The van der Waals surface area contributed by atoms with Gasteiger partial charge in [0.25, 0.3) is 0 Å². The summed E-state index contributed by atoms with van der Waals surface area (Å²) in [6.07, 6.45) is 3.46. The summed E-state index contributed by atoms with van der Waals surface area (Å²) in [6.45, 7) is 8.50. The van der Waals surface area contributed by atoms with Crippen molar-refractivity contribution in [2.24, 2.45) is 5.73 Å². The average molecular weight is 340 g/mol. The maximum atomic E-state index is 6.13. The van der Waals surface area contributed by atoms with Crippen molar-refractivity contribution in [3.8, 4) is 0 Å². The summed E-state index contributed by atoms with van der Waals surface area (Å²) in [4.78, 5) is 2.52. The fraction of sp³-hybridized carbons (Fsp3) is 0.625. The molecule has 1 heterocycles. The van der Waals surface area contributed by atoms with Crippen molar-refractivity contribution < 1.29 is 0 Å². The minimum atomic E-state index is 0.0280. The van der Waals surface area contributed by atoms with Crippen LogP contribution in [0.25, 0.3) is 0 Å². The molecule has 1 fully saturated rings. The molecule has 1 unspecified atom stereocenters. The number of benzene rings is 1. The predicted octanol–water partition coefficient (Wildman–Crippen LogP) is 3.37. The maximum Gasteiger partial charge on any atom is 0.0508 e. The first-order chi connectivity index (χ1) is 9.58. The Labute approximate surface area is 131 Å². The van der Waals surface area contributed by atoms with Gasteiger partial charge in [0, 0.05) is 23.2 Å². The van der Waals surface area contributed by atoms with Gasteiger partial charge in [0.1, 0.15) is 0 Å². The number of nitrogens with zero attached hydrogens (tertiary/aromatic N) is 1. The van der Waals surface area contributed by atoms with Crippen LogP contribution in [0.5, 0.6) is 0 Å². The Kier molecular flexibility index (Phi) is 5.47. The van der Waals surface area contributed by atoms with Crippen LogP contribution in [-0.2, 0) is 0 Å². The van der Waals surface area contributed by atoms with Crippen LogP contribution >= 0.6 is 15.9 Å². The molecule has 0 aromatic heterocycles. The van der Waals surface area contributed by atoms with Crippen LogP contribution in [0.3, 0.4) is 0 Å². The summed E-state index contributed by atoms with van der Waals surface area (Å²) >= 11 is 3.64. The van der Waals surface area contributed by atoms with E-state index in [9.17, 15) is 0 Å². The quantitative estimate of drug-likeness (QED) is 0.883. The summed E-state index contributed by atoms with van der Waals surface area (Å²) in [7, 11) is 0. The van der Waals surface area contributed by atoms with Crippen molar-refractivity contribution in [2.45, 2.75) is 38.6 Å². The molecule has 1 aromatic rings. The van der Waals surface area contributed by atoms with Gasteiger partial charge in [0.05, 0.1) is 5.54 Å². The van der Waals surface area contributed by atoms with E-state index in [0.29, 0.717) is 6.54 Å². The van der Waals surface area contributed by atoms with Crippen molar-refractivity contribution >= 4 is 21.6 Å². The third-order valence-corrected chi connectivity index (χ3v) is 5.09. The van der Waals surface area contributed by atoms with E-state index in [1.165, 1.54) is 24.2 Å². The number of anilines is 1. The zero-order valence-corrected chi connectivity index (χ0v) is 14.2. The minimum absolute atomic E-state index is 0.0280. The first-order valence-corrected chi connectivity index (χ1v) is 8.34. The standard InChI is InChI=1S/C16H26BrN3/c1-3-20-9-4-7-16(12-18,8-10-20)19-15-11-13(2)5-6-14(15)17/h5-6,11,19H,3-4,7-10,12,18H2,1-2H3. The zero-order valence-electron chi connectivity index (χ0n) is 12.6. The van der Waals surface area contributed by atoms with Gasteiger partial charge in [-0.3, -0.25) is 0 Å². The minimum Gasteiger partial charge on any atom is -0.377 e. The Morgan fingerprint density at radius 2 is 2.15 bits per heavy atom. The second kappa shape index (κ2) is 6.92. The van der Waals surface area contributed by atoms with Gasteiger partial charge >= 0.3 is 0 Å². The predicted molar refractivity (Wildman–Crippen MR) is 90.3 cm³/mol. The summed E-state index contributed by atoms with van der Waals surface area (Å²) in [5.41, 5.74) is 8.60. The monoisotopic (exact) mass is 339 g/mol. The molecule has 3 nitrogen and oxygen atoms in total. The normalized spacial score (nSPS) is 24.4. The molecule has 1 aliphatic rings. The molecule has 0 saturated carbocycles. The SMILES string of the molecule is CCN1CCCC(CN)(Nc2cc(C)ccc2Br)CC1. The average Bonchev–Trinajstić information content (AvgIpc) is 2.66. The topological polar surface area (TPSA) is 41.3 Å². The highest BCUT2D eigenvalue weighted by Gasteiger charge is 2.31. The molecule has 3 N–H and O–H groups in total. The van der Waals surface area contributed by atoms with Crippen molar-refractivity contribution in [3.05, 3.63) is 28.2 Å². The first kappa shape index (κ1) is 15.8. The summed E-state index contributed by atoms with van der Waals surface area (Å²) in [6, 6.07) is 6.43. The van der Waals surface area contributed by atoms with Crippen LogP contribution in [0.2, 0.25) is 0 Å². The van der Waals surface area contributed by atoms with Crippen molar-refractivity contribution in [1.82, 2.24) is 4.90 Å². The van der Waals surface area contributed by atoms with E-state index in [4.69, 9.17) is 5.73 Å². The fourth-order valence-corrected chi connectivity index (χ4v) is 3.31. The van der Waals surface area contributed by atoms with Crippen LogP contribution in [0.1, 0.15) is 31.7 Å². The number of likely N-dealkylation sites (tertiary alicyclic amines) is 1. The zero-order chi connectivity index (χ0) is 14.6. The molecule has 0 bridgehead atoms. The van der Waals surface area contributed by atoms with Crippen LogP contribution in [0.4, 0.5) is 5.69 Å². The lowest BCUT2D eigenvalue weighted by Crippen LogP contribution is -2.46. The Balaban J connectivity index is 2.16. The highest BCUT2D eigenvalue weighted by Crippen LogP contribution is 2.31. The van der Waals surface area contributed by atoms with E-state index >= 15 is 0 Å². The van der Waals surface area contributed by atoms with Gasteiger partial charge in [-0.2, -0.15) is 0 Å². The number of rotatable bonds is 4.